The Bertz CT molecular complexity index is 1030. The van der Waals surface area contributed by atoms with E-state index in [4.69, 9.17) is 16.3 Å². The van der Waals surface area contributed by atoms with Crippen molar-refractivity contribution in [3.63, 3.8) is 0 Å². The number of amides is 1. The van der Waals surface area contributed by atoms with Crippen molar-refractivity contribution in [2.45, 2.75) is 44.6 Å². The fourth-order valence-corrected chi connectivity index (χ4v) is 3.85. The SMILES string of the molecule is C[C@@H](/C=C/S(C)(=O)=O)NC(=O)c1cnc(C2CCCC2)nc1Oc1ccc(Cl)cc1. The topological polar surface area (TPSA) is 98.2 Å². The minimum Gasteiger partial charge on any atom is -0.438 e. The number of ether oxygens (including phenoxy) is 1. The predicted molar refractivity (Wildman–Crippen MR) is 116 cm³/mol. The smallest absolute Gasteiger partial charge is 0.258 e. The molecule has 7 nitrogen and oxygen atoms in total. The number of rotatable bonds is 7. The van der Waals surface area contributed by atoms with Crippen molar-refractivity contribution in [2.75, 3.05) is 6.26 Å². The van der Waals surface area contributed by atoms with Gasteiger partial charge in [-0.25, -0.2) is 13.4 Å². The molecule has 0 bridgehead atoms. The highest BCUT2D eigenvalue weighted by Crippen LogP contribution is 2.34. The highest BCUT2D eigenvalue weighted by Gasteiger charge is 2.24. The lowest BCUT2D eigenvalue weighted by atomic mass is 10.1. The maximum absolute atomic E-state index is 12.8. The van der Waals surface area contributed by atoms with Crippen LogP contribution in [0.2, 0.25) is 5.02 Å². The number of benzene rings is 1. The van der Waals surface area contributed by atoms with Gasteiger partial charge in [-0.1, -0.05) is 30.5 Å². The Hall–Kier alpha value is -2.45. The maximum atomic E-state index is 12.8. The van der Waals surface area contributed by atoms with Gasteiger partial charge in [-0.15, -0.1) is 0 Å². The molecule has 0 spiro atoms. The van der Waals surface area contributed by atoms with Gasteiger partial charge in [0.1, 0.15) is 17.1 Å². The zero-order valence-electron chi connectivity index (χ0n) is 16.8. The van der Waals surface area contributed by atoms with Crippen LogP contribution in [-0.2, 0) is 9.84 Å². The molecule has 0 radical (unpaired) electrons. The normalized spacial score (nSPS) is 16.0. The van der Waals surface area contributed by atoms with Crippen LogP contribution in [0.15, 0.2) is 41.9 Å². The zero-order valence-corrected chi connectivity index (χ0v) is 18.4. The first-order valence-corrected chi connectivity index (χ1v) is 12.0. The predicted octanol–water partition coefficient (Wildman–Crippen LogP) is 4.26. The molecule has 1 heterocycles. The fraction of sp³-hybridized carbons (Fsp3) is 0.381. The number of carbonyl (C=O) groups is 1. The number of nitrogens with zero attached hydrogens (tertiary/aromatic N) is 2. The van der Waals surface area contributed by atoms with E-state index in [0.29, 0.717) is 16.6 Å². The lowest BCUT2D eigenvalue weighted by molar-refractivity contribution is 0.0943. The molecule has 1 atom stereocenters. The largest absolute Gasteiger partial charge is 0.438 e. The maximum Gasteiger partial charge on any atom is 0.258 e. The van der Waals surface area contributed by atoms with Gasteiger partial charge in [-0.05, 0) is 44.0 Å². The van der Waals surface area contributed by atoms with Crippen molar-refractivity contribution in [1.82, 2.24) is 15.3 Å². The summed E-state index contributed by atoms with van der Waals surface area (Å²) in [5.41, 5.74) is 0.173. The third-order valence-electron chi connectivity index (χ3n) is 4.74. The van der Waals surface area contributed by atoms with Crippen molar-refractivity contribution in [3.8, 4) is 11.6 Å². The molecule has 0 saturated heterocycles. The second kappa shape index (κ2) is 9.57. The molecule has 1 fully saturated rings. The molecule has 1 aromatic carbocycles. The molecule has 2 aromatic rings. The van der Waals surface area contributed by atoms with E-state index in [2.05, 4.69) is 15.3 Å². The standard InChI is InChI=1S/C21H24ClN3O4S/c1-14(11-12-30(2,27)28)24-20(26)18-13-23-19(15-5-3-4-6-15)25-21(18)29-17-9-7-16(22)8-10-17/h7-15H,3-6H2,1-2H3,(H,24,26)/b12-11+/t14-/m0/s1. The van der Waals surface area contributed by atoms with E-state index in [1.54, 1.807) is 31.2 Å². The average Bonchev–Trinajstić information content (AvgIpc) is 3.22. The second-order valence-electron chi connectivity index (χ2n) is 7.40. The van der Waals surface area contributed by atoms with E-state index in [9.17, 15) is 13.2 Å². The molecule has 3 rings (SSSR count). The highest BCUT2D eigenvalue weighted by atomic mass is 35.5. The zero-order chi connectivity index (χ0) is 21.7. The lowest BCUT2D eigenvalue weighted by Crippen LogP contribution is -2.31. The summed E-state index contributed by atoms with van der Waals surface area (Å²) in [7, 11) is -3.28. The van der Waals surface area contributed by atoms with E-state index in [0.717, 1.165) is 37.3 Å². The van der Waals surface area contributed by atoms with Gasteiger partial charge in [0.15, 0.2) is 9.84 Å². The van der Waals surface area contributed by atoms with Crippen LogP contribution < -0.4 is 10.1 Å². The minimum atomic E-state index is -3.28. The molecular formula is C21H24ClN3O4S. The summed E-state index contributed by atoms with van der Waals surface area (Å²) in [5.74, 6) is 1.12. The van der Waals surface area contributed by atoms with Crippen LogP contribution in [0.4, 0.5) is 0 Å². The first kappa shape index (κ1) is 22.2. The second-order valence-corrected chi connectivity index (χ2v) is 9.77. The van der Waals surface area contributed by atoms with Gasteiger partial charge in [0.05, 0.1) is 0 Å². The van der Waals surface area contributed by atoms with Crippen molar-refractivity contribution >= 4 is 27.3 Å². The molecule has 1 aliphatic carbocycles. The molecule has 0 unspecified atom stereocenters. The highest BCUT2D eigenvalue weighted by molar-refractivity contribution is 7.93. The Morgan fingerprint density at radius 3 is 2.57 bits per heavy atom. The summed E-state index contributed by atoms with van der Waals surface area (Å²) in [6, 6.07) is 6.25. The van der Waals surface area contributed by atoms with E-state index in [1.807, 2.05) is 0 Å². The van der Waals surface area contributed by atoms with E-state index in [-0.39, 0.29) is 17.4 Å². The van der Waals surface area contributed by atoms with E-state index in [1.165, 1.54) is 12.3 Å². The third kappa shape index (κ3) is 6.27. The summed E-state index contributed by atoms with van der Waals surface area (Å²) < 4.78 is 28.5. The molecule has 9 heteroatoms. The number of carbonyl (C=O) groups excluding carboxylic acids is 1. The van der Waals surface area contributed by atoms with Gasteiger partial charge in [0.2, 0.25) is 5.88 Å². The Balaban J connectivity index is 1.86. The minimum absolute atomic E-state index is 0.158. The average molecular weight is 450 g/mol. The molecule has 1 aromatic heterocycles. The molecule has 1 N–H and O–H groups in total. The number of halogens is 1. The van der Waals surface area contributed by atoms with Gasteiger partial charge >= 0.3 is 0 Å². The number of nitrogens with one attached hydrogen (secondary N) is 1. The number of aromatic nitrogens is 2. The molecule has 1 saturated carbocycles. The molecule has 1 amide bonds. The molecular weight excluding hydrogens is 426 g/mol. The monoisotopic (exact) mass is 449 g/mol. The van der Waals surface area contributed by atoms with Crippen molar-refractivity contribution in [1.29, 1.82) is 0 Å². The summed E-state index contributed by atoms with van der Waals surface area (Å²) in [6.07, 6.45) is 8.25. The van der Waals surface area contributed by atoms with Crippen LogP contribution >= 0.6 is 11.6 Å². The Morgan fingerprint density at radius 1 is 1.27 bits per heavy atom. The van der Waals surface area contributed by atoms with Gasteiger partial charge in [0, 0.05) is 34.8 Å². The number of sulfone groups is 1. The van der Waals surface area contributed by atoms with E-state index >= 15 is 0 Å². The van der Waals surface area contributed by atoms with Crippen LogP contribution in [-0.4, -0.2) is 36.6 Å². The fourth-order valence-electron chi connectivity index (χ4n) is 3.20. The quantitative estimate of drug-likeness (QED) is 0.678. The van der Waals surface area contributed by atoms with Gasteiger partial charge in [0.25, 0.3) is 5.91 Å². The summed E-state index contributed by atoms with van der Waals surface area (Å²) in [5, 5.41) is 4.35. The summed E-state index contributed by atoms with van der Waals surface area (Å²) >= 11 is 5.93. The molecule has 1 aliphatic rings. The number of hydrogen-bond acceptors (Lipinski definition) is 6. The van der Waals surface area contributed by atoms with Gasteiger partial charge in [-0.2, -0.15) is 4.98 Å². The lowest BCUT2D eigenvalue weighted by Gasteiger charge is -2.15. The molecule has 30 heavy (non-hydrogen) atoms. The van der Waals surface area contributed by atoms with Crippen molar-refractivity contribution < 1.29 is 17.9 Å². The summed E-state index contributed by atoms with van der Waals surface area (Å²) in [4.78, 5) is 21.8. The van der Waals surface area contributed by atoms with Crippen LogP contribution in [0.25, 0.3) is 0 Å². The number of hydrogen-bond donors (Lipinski definition) is 1. The third-order valence-corrected chi connectivity index (χ3v) is 5.64. The van der Waals surface area contributed by atoms with Crippen molar-refractivity contribution in [3.05, 3.63) is 58.4 Å². The Labute approximate surface area is 181 Å². The van der Waals surface area contributed by atoms with Gasteiger partial charge in [-0.3, -0.25) is 4.79 Å². The summed E-state index contributed by atoms with van der Waals surface area (Å²) in [6.45, 7) is 1.67. The van der Waals surface area contributed by atoms with Crippen LogP contribution in [0.5, 0.6) is 11.6 Å². The first-order valence-electron chi connectivity index (χ1n) is 9.71. The van der Waals surface area contributed by atoms with Gasteiger partial charge < -0.3 is 10.1 Å². The van der Waals surface area contributed by atoms with Crippen LogP contribution in [0.3, 0.4) is 0 Å². The molecule has 0 aliphatic heterocycles. The van der Waals surface area contributed by atoms with E-state index < -0.39 is 21.8 Å². The Morgan fingerprint density at radius 2 is 1.93 bits per heavy atom. The van der Waals surface area contributed by atoms with Crippen LogP contribution in [0.1, 0.15) is 54.7 Å². The Kier molecular flexibility index (Phi) is 7.10. The van der Waals surface area contributed by atoms with Crippen LogP contribution in [0, 0.1) is 0 Å². The molecule has 160 valence electrons. The van der Waals surface area contributed by atoms with Crippen molar-refractivity contribution in [2.24, 2.45) is 0 Å². The first-order chi connectivity index (χ1) is 14.2.